The number of aryl methyl sites for hydroxylation is 2. The molecule has 27 heavy (non-hydrogen) atoms. The topological polar surface area (TPSA) is 51.3 Å². The lowest BCUT2D eigenvalue weighted by molar-refractivity contribution is -0.903. The summed E-state index contributed by atoms with van der Waals surface area (Å²) in [4.78, 5) is 13.4. The van der Waals surface area contributed by atoms with Gasteiger partial charge in [-0.1, -0.05) is 30.3 Å². The summed E-state index contributed by atoms with van der Waals surface area (Å²) in [6, 6.07) is 16.9. The van der Waals surface area contributed by atoms with Gasteiger partial charge in [-0.2, -0.15) is 0 Å². The Hall–Kier alpha value is -2.43. The molecule has 0 spiro atoms. The third-order valence-corrected chi connectivity index (χ3v) is 5.40. The zero-order valence-corrected chi connectivity index (χ0v) is 16.7. The minimum Gasteiger partial charge on any atom is -0.423 e. The van der Waals surface area contributed by atoms with Crippen LogP contribution in [0.25, 0.3) is 11.0 Å². The van der Waals surface area contributed by atoms with Crippen LogP contribution in [0.2, 0.25) is 0 Å². The number of hydrogen-bond acceptors (Lipinski definition) is 2. The van der Waals surface area contributed by atoms with Crippen molar-refractivity contribution in [3.05, 3.63) is 81.2 Å². The van der Waals surface area contributed by atoms with Gasteiger partial charge in [0.15, 0.2) is 0 Å². The molecule has 0 radical (unpaired) electrons. The normalized spacial score (nSPS) is 12.6. The summed E-state index contributed by atoms with van der Waals surface area (Å²) < 4.78 is 5.41. The van der Waals surface area contributed by atoms with Crippen LogP contribution in [-0.4, -0.2) is 26.7 Å². The summed E-state index contributed by atoms with van der Waals surface area (Å²) in [6.45, 7) is 5.92. The van der Waals surface area contributed by atoms with Crippen molar-refractivity contribution in [2.75, 3.05) is 20.6 Å². The van der Waals surface area contributed by atoms with E-state index in [-0.39, 0.29) is 5.63 Å². The Morgan fingerprint density at radius 3 is 2.44 bits per heavy atom. The summed E-state index contributed by atoms with van der Waals surface area (Å²) in [6.07, 6.45) is 1.05. The van der Waals surface area contributed by atoms with Gasteiger partial charge in [0.2, 0.25) is 0 Å². The molecule has 2 aromatic carbocycles. The second-order valence-electron chi connectivity index (χ2n) is 7.72. The molecule has 0 aliphatic carbocycles. The highest BCUT2D eigenvalue weighted by atomic mass is 16.4. The van der Waals surface area contributed by atoms with Gasteiger partial charge in [0.1, 0.15) is 24.7 Å². The minimum atomic E-state index is -0.270. The van der Waals surface area contributed by atoms with Gasteiger partial charge in [0, 0.05) is 23.4 Å². The standard InChI is InChI=1S/C23H28N2O2/c1-16-10-21-19(13-23(26)27-22(21)11-17(16)2)14-24-15-20(25(3)4)12-18-8-6-5-7-9-18/h5-11,13,20,24H,12,14-15H2,1-4H3/p+2/t20-/m1/s1. The molecule has 1 atom stereocenters. The van der Waals surface area contributed by atoms with Crippen LogP contribution in [0.15, 0.2) is 57.7 Å². The first kappa shape index (κ1) is 19.3. The van der Waals surface area contributed by atoms with E-state index in [0.29, 0.717) is 11.6 Å². The number of rotatable bonds is 7. The molecule has 142 valence electrons. The number of benzene rings is 2. The Morgan fingerprint density at radius 2 is 1.74 bits per heavy atom. The quantitative estimate of drug-likeness (QED) is 0.618. The van der Waals surface area contributed by atoms with Crippen molar-refractivity contribution >= 4 is 11.0 Å². The van der Waals surface area contributed by atoms with E-state index in [0.717, 1.165) is 36.0 Å². The smallest absolute Gasteiger partial charge is 0.336 e. The molecule has 4 nitrogen and oxygen atoms in total. The van der Waals surface area contributed by atoms with Crippen molar-refractivity contribution in [1.29, 1.82) is 0 Å². The Bertz CT molecular complexity index is 961. The van der Waals surface area contributed by atoms with Crippen molar-refractivity contribution in [1.82, 2.24) is 0 Å². The minimum absolute atomic E-state index is 0.270. The fourth-order valence-electron chi connectivity index (χ4n) is 3.51. The van der Waals surface area contributed by atoms with Crippen molar-refractivity contribution in [2.24, 2.45) is 0 Å². The second-order valence-corrected chi connectivity index (χ2v) is 7.72. The van der Waals surface area contributed by atoms with E-state index in [1.807, 2.05) is 13.0 Å². The first-order valence-corrected chi connectivity index (χ1v) is 9.63. The fourth-order valence-corrected chi connectivity index (χ4v) is 3.51. The van der Waals surface area contributed by atoms with Crippen molar-refractivity contribution < 1.29 is 14.6 Å². The molecule has 0 saturated heterocycles. The fraction of sp³-hybridized carbons (Fsp3) is 0.348. The summed E-state index contributed by atoms with van der Waals surface area (Å²) in [7, 11) is 4.42. The first-order chi connectivity index (χ1) is 12.9. The van der Waals surface area contributed by atoms with Crippen LogP contribution in [0.3, 0.4) is 0 Å². The Kier molecular flexibility index (Phi) is 6.09. The van der Waals surface area contributed by atoms with Crippen LogP contribution < -0.4 is 15.8 Å². The Morgan fingerprint density at radius 1 is 1.04 bits per heavy atom. The van der Waals surface area contributed by atoms with Crippen LogP contribution in [0.4, 0.5) is 0 Å². The summed E-state index contributed by atoms with van der Waals surface area (Å²) in [5.74, 6) is 0. The van der Waals surface area contributed by atoms with Crippen molar-refractivity contribution in [3.8, 4) is 0 Å². The van der Waals surface area contributed by atoms with Crippen LogP contribution in [0, 0.1) is 13.8 Å². The number of quaternary nitrogens is 2. The SMILES string of the molecule is Cc1cc2oc(=O)cc(C[NH2+]C[C@@H](Cc3ccccc3)[NH+](C)C)c2cc1C. The largest absolute Gasteiger partial charge is 0.423 e. The van der Waals surface area contributed by atoms with Crippen LogP contribution in [-0.2, 0) is 13.0 Å². The van der Waals surface area contributed by atoms with Gasteiger partial charge in [-0.05, 0) is 42.7 Å². The number of nitrogens with two attached hydrogens (primary N) is 1. The number of likely N-dealkylation sites (N-methyl/N-ethyl adjacent to an activating group) is 1. The van der Waals surface area contributed by atoms with E-state index < -0.39 is 0 Å². The molecule has 0 aliphatic heterocycles. The van der Waals surface area contributed by atoms with Crippen molar-refractivity contribution in [2.45, 2.75) is 32.9 Å². The molecule has 0 unspecified atom stereocenters. The highest BCUT2D eigenvalue weighted by Gasteiger charge is 2.18. The zero-order valence-electron chi connectivity index (χ0n) is 16.7. The monoisotopic (exact) mass is 366 g/mol. The number of fused-ring (bicyclic) bond motifs is 1. The predicted octanol–water partition coefficient (Wildman–Crippen LogP) is 1.23. The number of hydrogen-bond donors (Lipinski definition) is 2. The molecule has 0 saturated carbocycles. The van der Waals surface area contributed by atoms with Gasteiger partial charge in [0.25, 0.3) is 0 Å². The highest BCUT2D eigenvalue weighted by Crippen LogP contribution is 2.21. The van der Waals surface area contributed by atoms with Crippen LogP contribution >= 0.6 is 0 Å². The summed E-state index contributed by atoms with van der Waals surface area (Å²) in [5, 5.41) is 3.36. The van der Waals surface area contributed by atoms with Gasteiger partial charge in [-0.25, -0.2) is 4.79 Å². The van der Waals surface area contributed by atoms with E-state index in [9.17, 15) is 4.79 Å². The van der Waals surface area contributed by atoms with Crippen LogP contribution in [0.5, 0.6) is 0 Å². The molecular weight excluding hydrogens is 336 g/mol. The second kappa shape index (κ2) is 8.51. The van der Waals surface area contributed by atoms with E-state index in [1.54, 1.807) is 6.07 Å². The first-order valence-electron chi connectivity index (χ1n) is 9.63. The summed E-state index contributed by atoms with van der Waals surface area (Å²) >= 11 is 0. The third-order valence-electron chi connectivity index (χ3n) is 5.40. The lowest BCUT2D eigenvalue weighted by atomic mass is 10.0. The maximum atomic E-state index is 12.0. The average Bonchev–Trinajstić information content (AvgIpc) is 2.63. The van der Waals surface area contributed by atoms with Crippen LogP contribution in [0.1, 0.15) is 22.3 Å². The Balaban J connectivity index is 1.73. The molecular formula is C23H30N2O2+2. The average molecular weight is 367 g/mol. The van der Waals surface area contributed by atoms with Gasteiger partial charge >= 0.3 is 5.63 Å². The molecule has 0 amide bonds. The highest BCUT2D eigenvalue weighted by molar-refractivity contribution is 5.81. The molecule has 3 N–H and O–H groups in total. The molecule has 4 heteroatoms. The molecule has 1 heterocycles. The van der Waals surface area contributed by atoms with E-state index in [4.69, 9.17) is 4.42 Å². The number of nitrogens with one attached hydrogen (secondary N) is 1. The summed E-state index contributed by atoms with van der Waals surface area (Å²) in [5.41, 5.74) is 5.20. The van der Waals surface area contributed by atoms with Gasteiger partial charge in [-0.3, -0.25) is 0 Å². The maximum absolute atomic E-state index is 12.0. The third kappa shape index (κ3) is 4.85. The maximum Gasteiger partial charge on any atom is 0.336 e. The molecule has 3 aromatic rings. The van der Waals surface area contributed by atoms with E-state index in [1.165, 1.54) is 16.0 Å². The van der Waals surface area contributed by atoms with Gasteiger partial charge < -0.3 is 14.6 Å². The van der Waals surface area contributed by atoms with Gasteiger partial charge in [-0.15, -0.1) is 0 Å². The van der Waals surface area contributed by atoms with E-state index >= 15 is 0 Å². The predicted molar refractivity (Wildman–Crippen MR) is 109 cm³/mol. The molecule has 0 fully saturated rings. The Labute approximate surface area is 160 Å². The lowest BCUT2D eigenvalue weighted by Crippen LogP contribution is -3.14. The van der Waals surface area contributed by atoms with E-state index in [2.05, 4.69) is 62.7 Å². The van der Waals surface area contributed by atoms with Gasteiger partial charge in [0.05, 0.1) is 14.1 Å². The molecule has 3 rings (SSSR count). The molecule has 1 aromatic heterocycles. The zero-order chi connectivity index (χ0) is 19.4. The molecule has 0 bridgehead atoms. The lowest BCUT2D eigenvalue weighted by Gasteiger charge is -2.20. The van der Waals surface area contributed by atoms with Crippen molar-refractivity contribution in [3.63, 3.8) is 0 Å². The molecule has 0 aliphatic rings.